The maximum absolute atomic E-state index is 13.8. The summed E-state index contributed by atoms with van der Waals surface area (Å²) in [5.74, 6) is 0.543. The van der Waals surface area contributed by atoms with Crippen LogP contribution in [0.1, 0.15) is 22.5 Å². The van der Waals surface area contributed by atoms with Crippen molar-refractivity contribution in [2.45, 2.75) is 20.0 Å². The van der Waals surface area contributed by atoms with E-state index in [9.17, 15) is 18.0 Å². The van der Waals surface area contributed by atoms with Gasteiger partial charge in [-0.25, -0.2) is 4.98 Å². The van der Waals surface area contributed by atoms with Gasteiger partial charge in [-0.15, -0.1) is 0 Å². The quantitative estimate of drug-likeness (QED) is 0.192. The predicted molar refractivity (Wildman–Crippen MR) is 152 cm³/mol. The maximum atomic E-state index is 13.8. The smallest absolute Gasteiger partial charge is 0.418 e. The number of rotatable bonds is 4. The Bertz CT molecular complexity index is 2020. The molecule has 0 aliphatic carbocycles. The third-order valence-corrected chi connectivity index (χ3v) is 7.18. The first-order valence-electron chi connectivity index (χ1n) is 12.2. The minimum absolute atomic E-state index is 0.0170. The summed E-state index contributed by atoms with van der Waals surface area (Å²) in [6.07, 6.45) is -3.06. The molecule has 10 heteroatoms. The molecule has 3 heterocycles. The molecule has 200 valence electrons. The van der Waals surface area contributed by atoms with E-state index in [1.165, 1.54) is 22.9 Å². The molecule has 6 nitrogen and oxygen atoms in total. The molecular formula is C30H20BrF3N4O2. The molecule has 3 aromatic heterocycles. The van der Waals surface area contributed by atoms with Crippen LogP contribution in [0.15, 0.2) is 97.6 Å². The largest absolute Gasteiger partial charge is 0.453 e. The molecule has 0 amide bonds. The Hall–Kier alpha value is -4.44. The van der Waals surface area contributed by atoms with E-state index < -0.39 is 17.3 Å². The topological polar surface area (TPSA) is 65.3 Å². The lowest BCUT2D eigenvalue weighted by Crippen LogP contribution is -2.20. The second-order valence-corrected chi connectivity index (χ2v) is 10.2. The average molecular weight is 605 g/mol. The highest BCUT2D eigenvalue weighted by Gasteiger charge is 2.34. The molecule has 0 aliphatic heterocycles. The van der Waals surface area contributed by atoms with Gasteiger partial charge in [-0.05, 0) is 68.4 Å². The predicted octanol–water partition coefficient (Wildman–Crippen LogP) is 7.88. The molecule has 0 aliphatic rings. The Balaban J connectivity index is 1.51. The summed E-state index contributed by atoms with van der Waals surface area (Å²) < 4.78 is 50.9. The summed E-state index contributed by atoms with van der Waals surface area (Å²) in [6.45, 7) is 3.43. The van der Waals surface area contributed by atoms with Crippen LogP contribution in [0.3, 0.4) is 0 Å². The molecule has 0 fully saturated rings. The summed E-state index contributed by atoms with van der Waals surface area (Å²) >= 11 is 3.45. The number of hydrogen-bond acceptors (Lipinski definition) is 4. The van der Waals surface area contributed by atoms with Crippen LogP contribution in [-0.4, -0.2) is 20.4 Å². The number of furan rings is 1. The molecule has 3 aromatic carbocycles. The number of para-hydroxylation sites is 2. The number of alkyl halides is 3. The third-order valence-electron chi connectivity index (χ3n) is 6.69. The van der Waals surface area contributed by atoms with Gasteiger partial charge in [-0.2, -0.15) is 22.9 Å². The lowest BCUT2D eigenvalue weighted by Gasteiger charge is -2.16. The van der Waals surface area contributed by atoms with Crippen LogP contribution in [-0.2, 0) is 6.18 Å². The summed E-state index contributed by atoms with van der Waals surface area (Å²) in [5, 5.41) is 5.66. The van der Waals surface area contributed by atoms with Crippen molar-refractivity contribution in [3.05, 3.63) is 116 Å². The van der Waals surface area contributed by atoms with Gasteiger partial charge < -0.3 is 8.98 Å². The highest BCUT2D eigenvalue weighted by atomic mass is 79.9. The number of hydrogen-bond donors (Lipinski definition) is 0. The molecule has 0 atom stereocenters. The fourth-order valence-corrected chi connectivity index (χ4v) is 5.21. The van der Waals surface area contributed by atoms with Gasteiger partial charge in [0.05, 0.1) is 28.4 Å². The fraction of sp³-hybridized carbons (Fsp3) is 0.100. The summed E-state index contributed by atoms with van der Waals surface area (Å²) in [7, 11) is 0. The molecule has 0 N–H and O–H groups in total. The van der Waals surface area contributed by atoms with E-state index in [4.69, 9.17) is 4.42 Å². The van der Waals surface area contributed by atoms with Gasteiger partial charge in [-0.3, -0.25) is 4.79 Å². The monoisotopic (exact) mass is 604 g/mol. The highest BCUT2D eigenvalue weighted by molar-refractivity contribution is 9.10. The number of nitrogens with zero attached hydrogens (tertiary/aromatic N) is 4. The van der Waals surface area contributed by atoms with Crippen molar-refractivity contribution in [2.75, 3.05) is 0 Å². The van der Waals surface area contributed by atoms with Crippen LogP contribution in [0.25, 0.3) is 39.1 Å². The van der Waals surface area contributed by atoms with Crippen LogP contribution in [0.5, 0.6) is 0 Å². The highest BCUT2D eigenvalue weighted by Crippen LogP contribution is 2.35. The Morgan fingerprint density at radius 1 is 0.975 bits per heavy atom. The number of aromatic nitrogens is 3. The molecule has 0 unspecified atom stereocenters. The van der Waals surface area contributed by atoms with E-state index in [0.717, 1.165) is 20.6 Å². The first-order chi connectivity index (χ1) is 19.1. The number of fused-ring (bicyclic) bond motifs is 2. The Morgan fingerprint density at radius 2 is 1.73 bits per heavy atom. The van der Waals surface area contributed by atoms with Crippen molar-refractivity contribution in [3.63, 3.8) is 0 Å². The lowest BCUT2D eigenvalue weighted by atomic mass is 10.1. The van der Waals surface area contributed by atoms with E-state index >= 15 is 0 Å². The molecular weight excluding hydrogens is 585 g/mol. The zero-order valence-electron chi connectivity index (χ0n) is 21.2. The normalized spacial score (nSPS) is 12.2. The maximum Gasteiger partial charge on any atom is 0.418 e. The average Bonchev–Trinajstić information content (AvgIpc) is 3.46. The van der Waals surface area contributed by atoms with E-state index in [0.29, 0.717) is 39.2 Å². The molecule has 0 radical (unpaired) electrons. The molecule has 6 aromatic rings. The van der Waals surface area contributed by atoms with Crippen LogP contribution >= 0.6 is 15.9 Å². The Labute approximate surface area is 234 Å². The molecule has 0 spiro atoms. The molecule has 0 saturated carbocycles. The number of aryl methyl sites for hydroxylation is 1. The van der Waals surface area contributed by atoms with Crippen molar-refractivity contribution in [3.8, 4) is 17.3 Å². The van der Waals surface area contributed by atoms with Crippen LogP contribution in [0.4, 0.5) is 13.2 Å². The lowest BCUT2D eigenvalue weighted by molar-refractivity contribution is -0.137. The standard InChI is InChI=1S/C30H20BrF3N4O2/c1-17-13-20(18(2)37(17)25-10-6-4-8-23(25)30(32,33)34)16-35-38-28(36-24-9-5-3-7-22(24)29(38)39)27-15-19-14-21(31)11-12-26(19)40-27/h3-16H,1-2H3. The minimum atomic E-state index is -4.52. The van der Waals surface area contributed by atoms with Gasteiger partial charge in [0.2, 0.25) is 5.82 Å². The van der Waals surface area contributed by atoms with E-state index in [1.54, 1.807) is 56.3 Å². The second kappa shape index (κ2) is 9.63. The first-order valence-corrected chi connectivity index (χ1v) is 13.0. The third kappa shape index (κ3) is 4.44. The molecule has 0 saturated heterocycles. The van der Waals surface area contributed by atoms with Crippen molar-refractivity contribution in [2.24, 2.45) is 5.10 Å². The van der Waals surface area contributed by atoms with E-state index in [2.05, 4.69) is 26.0 Å². The van der Waals surface area contributed by atoms with Crippen LogP contribution in [0, 0.1) is 13.8 Å². The zero-order valence-corrected chi connectivity index (χ0v) is 22.8. The van der Waals surface area contributed by atoms with Crippen LogP contribution in [0.2, 0.25) is 0 Å². The van der Waals surface area contributed by atoms with Gasteiger partial charge in [0, 0.05) is 26.8 Å². The SMILES string of the molecule is Cc1cc(C=Nn2c(-c3cc4cc(Br)ccc4o3)nc3ccccc3c2=O)c(C)n1-c1ccccc1C(F)(F)F. The van der Waals surface area contributed by atoms with Crippen molar-refractivity contribution in [1.82, 2.24) is 14.2 Å². The zero-order chi connectivity index (χ0) is 28.2. The summed E-state index contributed by atoms with van der Waals surface area (Å²) in [4.78, 5) is 18.3. The number of halogens is 4. The fourth-order valence-electron chi connectivity index (χ4n) is 4.83. The van der Waals surface area contributed by atoms with Gasteiger partial charge in [0.1, 0.15) is 5.58 Å². The van der Waals surface area contributed by atoms with Crippen molar-refractivity contribution >= 4 is 44.0 Å². The number of benzene rings is 3. The van der Waals surface area contributed by atoms with Gasteiger partial charge in [0.25, 0.3) is 5.56 Å². The molecule has 6 rings (SSSR count). The van der Waals surface area contributed by atoms with Crippen molar-refractivity contribution < 1.29 is 17.6 Å². The van der Waals surface area contributed by atoms with Crippen LogP contribution < -0.4 is 5.56 Å². The second-order valence-electron chi connectivity index (χ2n) is 9.28. The van der Waals surface area contributed by atoms with Crippen molar-refractivity contribution in [1.29, 1.82) is 0 Å². The van der Waals surface area contributed by atoms with E-state index in [-0.39, 0.29) is 11.5 Å². The van der Waals surface area contributed by atoms with Gasteiger partial charge in [-0.1, -0.05) is 40.2 Å². The Morgan fingerprint density at radius 3 is 2.52 bits per heavy atom. The Kier molecular flexibility index (Phi) is 6.22. The minimum Gasteiger partial charge on any atom is -0.453 e. The molecule has 0 bridgehead atoms. The summed E-state index contributed by atoms with van der Waals surface area (Å²) in [6, 6.07) is 21.4. The first kappa shape index (κ1) is 25.8. The van der Waals surface area contributed by atoms with E-state index in [1.807, 2.05) is 18.2 Å². The van der Waals surface area contributed by atoms with Gasteiger partial charge >= 0.3 is 6.18 Å². The molecule has 40 heavy (non-hydrogen) atoms. The summed E-state index contributed by atoms with van der Waals surface area (Å²) in [5.41, 5.74) is 1.64. The van der Waals surface area contributed by atoms with Gasteiger partial charge in [0.15, 0.2) is 5.76 Å².